The van der Waals surface area contributed by atoms with Gasteiger partial charge in [-0.25, -0.2) is 8.42 Å². The van der Waals surface area contributed by atoms with Gasteiger partial charge in [-0.2, -0.15) is 0 Å². The molecule has 8 nitrogen and oxygen atoms in total. The number of amides is 2. The highest BCUT2D eigenvalue weighted by Crippen LogP contribution is 2.28. The van der Waals surface area contributed by atoms with Crippen LogP contribution in [0.3, 0.4) is 0 Å². The molecule has 2 amide bonds. The van der Waals surface area contributed by atoms with Gasteiger partial charge in [0.05, 0.1) is 17.7 Å². The number of rotatable bonds is 11. The van der Waals surface area contributed by atoms with E-state index in [0.717, 1.165) is 40.0 Å². The van der Waals surface area contributed by atoms with Crippen molar-refractivity contribution in [2.75, 3.05) is 18.0 Å². The van der Waals surface area contributed by atoms with Gasteiger partial charge < -0.3 is 15.0 Å². The highest BCUT2D eigenvalue weighted by Gasteiger charge is 2.33. The van der Waals surface area contributed by atoms with Crippen LogP contribution in [0.1, 0.15) is 38.2 Å². The number of nitrogens with one attached hydrogen (secondary N) is 1. The minimum absolute atomic E-state index is 0.0161. The SMILES string of the molecule is COc1ccc(S(=O)(=O)N(CC(=O)N(Cc2ccc(Br)cc2)[C@H](C)C(=O)NC2CCCC2)c2cccc(Cl)c2)cc1. The summed E-state index contributed by atoms with van der Waals surface area (Å²) in [5.74, 6) is -0.300. The Morgan fingerprint density at radius 1 is 1.05 bits per heavy atom. The summed E-state index contributed by atoms with van der Waals surface area (Å²) in [6.45, 7) is 1.26. The maximum Gasteiger partial charge on any atom is 0.264 e. The van der Waals surface area contributed by atoms with Crippen LogP contribution in [0.4, 0.5) is 5.69 Å². The van der Waals surface area contributed by atoms with Crippen molar-refractivity contribution in [2.45, 2.75) is 56.1 Å². The molecule has 3 aromatic rings. The molecule has 11 heteroatoms. The van der Waals surface area contributed by atoms with Gasteiger partial charge in [-0.05, 0) is 79.9 Å². The van der Waals surface area contributed by atoms with Crippen LogP contribution in [0.15, 0.2) is 82.2 Å². The summed E-state index contributed by atoms with van der Waals surface area (Å²) in [5, 5.41) is 3.39. The lowest BCUT2D eigenvalue weighted by Crippen LogP contribution is -2.52. The van der Waals surface area contributed by atoms with Gasteiger partial charge in [-0.3, -0.25) is 13.9 Å². The molecule has 1 aliphatic rings. The monoisotopic (exact) mass is 661 g/mol. The number of anilines is 1. The first-order valence-electron chi connectivity index (χ1n) is 13.3. The lowest BCUT2D eigenvalue weighted by atomic mass is 10.1. The molecule has 0 heterocycles. The summed E-state index contributed by atoms with van der Waals surface area (Å²) >= 11 is 9.65. The number of hydrogen-bond donors (Lipinski definition) is 1. The molecule has 1 atom stereocenters. The second-order valence-corrected chi connectivity index (χ2v) is 13.2. The Balaban J connectivity index is 1.68. The molecule has 41 heavy (non-hydrogen) atoms. The Hall–Kier alpha value is -3.08. The normalized spacial score (nSPS) is 14.3. The molecule has 0 aliphatic heterocycles. The van der Waals surface area contributed by atoms with Gasteiger partial charge in [0.1, 0.15) is 18.3 Å². The largest absolute Gasteiger partial charge is 0.497 e. The fraction of sp³-hybridized carbons (Fsp3) is 0.333. The third-order valence-corrected chi connectivity index (χ3v) is 9.71. The minimum atomic E-state index is -4.20. The molecule has 1 N–H and O–H groups in total. The molecule has 0 bridgehead atoms. The van der Waals surface area contributed by atoms with Crippen LogP contribution in [-0.2, 0) is 26.2 Å². The first-order chi connectivity index (χ1) is 19.6. The Morgan fingerprint density at radius 2 is 1.71 bits per heavy atom. The predicted octanol–water partition coefficient (Wildman–Crippen LogP) is 5.78. The summed E-state index contributed by atoms with van der Waals surface area (Å²) in [5.41, 5.74) is 1.03. The molecule has 0 unspecified atom stereocenters. The van der Waals surface area contributed by atoms with E-state index in [0.29, 0.717) is 10.8 Å². The van der Waals surface area contributed by atoms with Gasteiger partial charge in [-0.1, -0.05) is 58.6 Å². The van der Waals surface area contributed by atoms with E-state index < -0.39 is 28.5 Å². The maximum absolute atomic E-state index is 14.0. The number of hydrogen-bond acceptors (Lipinski definition) is 5. The zero-order valence-corrected chi connectivity index (χ0v) is 26.1. The standard InChI is InChI=1S/C30H33BrClN3O5S/c1-21(30(37)33-25-7-3-4-8-25)34(19-22-10-12-23(31)13-11-22)29(36)20-35(26-9-5-6-24(32)18-26)41(38,39)28-16-14-27(40-2)15-17-28/h5-6,9-18,21,25H,3-4,7-8,19-20H2,1-2H3,(H,33,37)/t21-/m1/s1. The van der Waals surface area contributed by atoms with Crippen LogP contribution in [0.25, 0.3) is 0 Å². The van der Waals surface area contributed by atoms with Crippen LogP contribution >= 0.6 is 27.5 Å². The molecule has 4 rings (SSSR count). The molecular formula is C30H33BrClN3O5S. The van der Waals surface area contributed by atoms with Gasteiger partial charge in [0, 0.05) is 22.1 Å². The lowest BCUT2D eigenvalue weighted by molar-refractivity contribution is -0.139. The number of carbonyl (C=O) groups excluding carboxylic acids is 2. The summed E-state index contributed by atoms with van der Waals surface area (Å²) in [4.78, 5) is 28.7. The molecule has 0 radical (unpaired) electrons. The van der Waals surface area contributed by atoms with Crippen molar-refractivity contribution in [2.24, 2.45) is 0 Å². The fourth-order valence-corrected chi connectivity index (χ4v) is 6.65. The summed E-state index contributed by atoms with van der Waals surface area (Å²) in [7, 11) is -2.71. The molecular weight excluding hydrogens is 630 g/mol. The second-order valence-electron chi connectivity index (χ2n) is 9.98. The Bertz CT molecular complexity index is 1460. The average molecular weight is 663 g/mol. The van der Waals surface area contributed by atoms with Crippen molar-refractivity contribution < 1.29 is 22.7 Å². The summed E-state index contributed by atoms with van der Waals surface area (Å²) in [6, 6.07) is 18.9. The molecule has 1 fully saturated rings. The number of halogens is 2. The zero-order valence-electron chi connectivity index (χ0n) is 22.9. The second kappa shape index (κ2) is 13.7. The fourth-order valence-electron chi connectivity index (χ4n) is 4.80. The minimum Gasteiger partial charge on any atom is -0.497 e. The zero-order chi connectivity index (χ0) is 29.6. The molecule has 3 aromatic carbocycles. The van der Waals surface area contributed by atoms with Crippen molar-refractivity contribution >= 4 is 55.1 Å². The first kappa shape index (κ1) is 30.9. The van der Waals surface area contributed by atoms with E-state index >= 15 is 0 Å². The molecule has 1 saturated carbocycles. The maximum atomic E-state index is 14.0. The van der Waals surface area contributed by atoms with Gasteiger partial charge in [0.25, 0.3) is 10.0 Å². The summed E-state index contributed by atoms with van der Waals surface area (Å²) in [6.07, 6.45) is 3.92. The van der Waals surface area contributed by atoms with Gasteiger partial charge >= 0.3 is 0 Å². The van der Waals surface area contributed by atoms with Crippen LogP contribution < -0.4 is 14.4 Å². The van der Waals surface area contributed by atoms with Gasteiger partial charge in [0.15, 0.2) is 0 Å². The van der Waals surface area contributed by atoms with E-state index in [2.05, 4.69) is 21.2 Å². The van der Waals surface area contributed by atoms with E-state index in [1.165, 1.54) is 30.2 Å². The Kier molecular flexibility index (Phi) is 10.3. The molecule has 0 saturated heterocycles. The molecule has 218 valence electrons. The summed E-state index contributed by atoms with van der Waals surface area (Å²) < 4.78 is 34.9. The van der Waals surface area contributed by atoms with Crippen molar-refractivity contribution in [3.05, 3.63) is 87.9 Å². The third-order valence-electron chi connectivity index (χ3n) is 7.16. The number of carbonyl (C=O) groups is 2. The molecule has 0 spiro atoms. The van der Waals surface area contributed by atoms with Crippen LogP contribution in [-0.4, -0.2) is 50.9 Å². The predicted molar refractivity (Wildman–Crippen MR) is 164 cm³/mol. The number of sulfonamides is 1. The Labute approximate surface area is 254 Å². The number of methoxy groups -OCH3 is 1. The van der Waals surface area contributed by atoms with Crippen molar-refractivity contribution in [3.8, 4) is 5.75 Å². The lowest BCUT2D eigenvalue weighted by Gasteiger charge is -2.32. The molecule has 0 aromatic heterocycles. The van der Waals surface area contributed by atoms with E-state index in [1.54, 1.807) is 37.3 Å². The van der Waals surface area contributed by atoms with Crippen LogP contribution in [0.5, 0.6) is 5.75 Å². The highest BCUT2D eigenvalue weighted by atomic mass is 79.9. The molecule has 1 aliphatic carbocycles. The van der Waals surface area contributed by atoms with Gasteiger partial charge in [0.2, 0.25) is 11.8 Å². The highest BCUT2D eigenvalue weighted by molar-refractivity contribution is 9.10. The van der Waals surface area contributed by atoms with Gasteiger partial charge in [-0.15, -0.1) is 0 Å². The van der Waals surface area contributed by atoms with Crippen molar-refractivity contribution in [1.82, 2.24) is 10.2 Å². The third kappa shape index (κ3) is 7.81. The Morgan fingerprint density at radius 3 is 2.32 bits per heavy atom. The van der Waals surface area contributed by atoms with E-state index in [4.69, 9.17) is 16.3 Å². The first-order valence-corrected chi connectivity index (χ1v) is 16.0. The number of nitrogens with zero attached hydrogens (tertiary/aromatic N) is 2. The topological polar surface area (TPSA) is 96.0 Å². The average Bonchev–Trinajstić information content (AvgIpc) is 3.48. The smallest absolute Gasteiger partial charge is 0.264 e. The quantitative estimate of drug-likeness (QED) is 0.281. The van der Waals surface area contributed by atoms with Crippen LogP contribution in [0, 0.1) is 0 Å². The van der Waals surface area contributed by atoms with E-state index in [1.807, 2.05) is 24.3 Å². The van der Waals surface area contributed by atoms with Crippen LogP contribution in [0.2, 0.25) is 5.02 Å². The number of ether oxygens (including phenoxy) is 1. The van der Waals surface area contributed by atoms with Crippen molar-refractivity contribution in [3.63, 3.8) is 0 Å². The number of benzene rings is 3. The van der Waals surface area contributed by atoms with E-state index in [-0.39, 0.29) is 29.1 Å². The van der Waals surface area contributed by atoms with E-state index in [9.17, 15) is 18.0 Å². The van der Waals surface area contributed by atoms with Crippen molar-refractivity contribution in [1.29, 1.82) is 0 Å².